The zero-order valence-corrected chi connectivity index (χ0v) is 10.8. The number of nitrogens with zero attached hydrogens (tertiary/aromatic N) is 3. The van der Waals surface area contributed by atoms with E-state index in [-0.39, 0.29) is 0 Å². The predicted molar refractivity (Wildman–Crippen MR) is 66.2 cm³/mol. The SMILES string of the molecule is CCN(C)c1noc(C2CSCC2NC)n1. The Kier molecular flexibility index (Phi) is 3.70. The van der Waals surface area contributed by atoms with Crippen LogP contribution in [-0.2, 0) is 0 Å². The molecule has 1 aliphatic heterocycles. The first-order valence-corrected chi connectivity index (χ1v) is 6.71. The molecule has 5 nitrogen and oxygen atoms in total. The van der Waals surface area contributed by atoms with Crippen molar-refractivity contribution in [1.29, 1.82) is 0 Å². The summed E-state index contributed by atoms with van der Waals surface area (Å²) < 4.78 is 5.35. The average Bonchev–Trinajstić information content (AvgIpc) is 2.95. The van der Waals surface area contributed by atoms with E-state index in [2.05, 4.69) is 22.4 Å². The second kappa shape index (κ2) is 5.05. The zero-order valence-electron chi connectivity index (χ0n) is 9.93. The number of nitrogens with one attached hydrogen (secondary N) is 1. The molecule has 1 fully saturated rings. The monoisotopic (exact) mass is 242 g/mol. The molecule has 0 amide bonds. The van der Waals surface area contributed by atoms with E-state index in [0.29, 0.717) is 17.9 Å². The molecule has 0 saturated carbocycles. The zero-order chi connectivity index (χ0) is 11.5. The summed E-state index contributed by atoms with van der Waals surface area (Å²) in [5.41, 5.74) is 0. The lowest BCUT2D eigenvalue weighted by Gasteiger charge is -2.13. The maximum Gasteiger partial charge on any atom is 0.265 e. The van der Waals surface area contributed by atoms with Crippen molar-refractivity contribution in [2.45, 2.75) is 18.9 Å². The lowest BCUT2D eigenvalue weighted by molar-refractivity contribution is 0.343. The minimum Gasteiger partial charge on any atom is -0.342 e. The molecule has 1 aliphatic rings. The average molecular weight is 242 g/mol. The molecule has 2 heterocycles. The minimum atomic E-state index is 0.349. The van der Waals surface area contributed by atoms with Crippen LogP contribution in [0.15, 0.2) is 4.52 Å². The summed E-state index contributed by atoms with van der Waals surface area (Å²) in [6, 6.07) is 0.449. The predicted octanol–water partition coefficient (Wildman–Crippen LogP) is 0.944. The van der Waals surface area contributed by atoms with Gasteiger partial charge in [-0.05, 0) is 19.1 Å². The van der Waals surface area contributed by atoms with Crippen LogP contribution in [0.25, 0.3) is 0 Å². The Morgan fingerprint density at radius 1 is 1.56 bits per heavy atom. The maximum atomic E-state index is 5.35. The molecule has 0 aromatic carbocycles. The van der Waals surface area contributed by atoms with Gasteiger partial charge < -0.3 is 14.7 Å². The third-order valence-electron chi connectivity index (χ3n) is 3.02. The summed E-state index contributed by atoms with van der Waals surface area (Å²) in [7, 11) is 3.95. The molecule has 1 saturated heterocycles. The van der Waals surface area contributed by atoms with Gasteiger partial charge in [0.1, 0.15) is 0 Å². The van der Waals surface area contributed by atoms with Gasteiger partial charge in [0, 0.05) is 31.1 Å². The number of rotatable bonds is 4. The summed E-state index contributed by atoms with van der Waals surface area (Å²) in [6.45, 7) is 2.95. The van der Waals surface area contributed by atoms with Crippen LogP contribution in [0.5, 0.6) is 0 Å². The van der Waals surface area contributed by atoms with Crippen molar-refractivity contribution in [3.05, 3.63) is 5.89 Å². The number of hydrogen-bond donors (Lipinski definition) is 1. The second-order valence-electron chi connectivity index (χ2n) is 3.99. The van der Waals surface area contributed by atoms with E-state index in [1.54, 1.807) is 0 Å². The van der Waals surface area contributed by atoms with E-state index >= 15 is 0 Å². The second-order valence-corrected chi connectivity index (χ2v) is 5.06. The third-order valence-corrected chi connectivity index (χ3v) is 4.20. The number of anilines is 1. The standard InChI is InChI=1S/C10H18N4OS/c1-4-14(3)10-12-9(15-13-10)7-5-16-6-8(7)11-2/h7-8,11H,4-6H2,1-3H3. The van der Waals surface area contributed by atoms with E-state index < -0.39 is 0 Å². The summed E-state index contributed by atoms with van der Waals surface area (Å²) in [4.78, 5) is 6.43. The van der Waals surface area contributed by atoms with Crippen LogP contribution in [0.1, 0.15) is 18.7 Å². The summed E-state index contributed by atoms with van der Waals surface area (Å²) in [6.07, 6.45) is 0. The first-order valence-electron chi connectivity index (χ1n) is 5.56. The van der Waals surface area contributed by atoms with Gasteiger partial charge in [0.05, 0.1) is 5.92 Å². The van der Waals surface area contributed by atoms with Crippen molar-refractivity contribution < 1.29 is 4.52 Å². The molecular weight excluding hydrogens is 224 g/mol. The van der Waals surface area contributed by atoms with Crippen molar-refractivity contribution in [1.82, 2.24) is 15.5 Å². The number of hydrogen-bond acceptors (Lipinski definition) is 6. The summed E-state index contributed by atoms with van der Waals surface area (Å²) in [5, 5.41) is 7.31. The van der Waals surface area contributed by atoms with Crippen LogP contribution in [-0.4, -0.2) is 48.3 Å². The first kappa shape index (κ1) is 11.7. The van der Waals surface area contributed by atoms with Gasteiger partial charge in [-0.1, -0.05) is 0 Å². The highest BCUT2D eigenvalue weighted by Crippen LogP contribution is 2.32. The van der Waals surface area contributed by atoms with Crippen LogP contribution in [0.2, 0.25) is 0 Å². The normalized spacial score (nSPS) is 24.9. The highest BCUT2D eigenvalue weighted by Gasteiger charge is 2.32. The molecule has 2 rings (SSSR count). The fraction of sp³-hybridized carbons (Fsp3) is 0.800. The topological polar surface area (TPSA) is 54.2 Å². The fourth-order valence-electron chi connectivity index (χ4n) is 1.76. The molecule has 0 aliphatic carbocycles. The highest BCUT2D eigenvalue weighted by atomic mass is 32.2. The van der Waals surface area contributed by atoms with Gasteiger partial charge >= 0.3 is 0 Å². The van der Waals surface area contributed by atoms with E-state index in [9.17, 15) is 0 Å². The Balaban J connectivity index is 2.12. The molecular formula is C10H18N4OS. The molecule has 90 valence electrons. The molecule has 1 aromatic rings. The highest BCUT2D eigenvalue weighted by molar-refractivity contribution is 7.99. The number of aromatic nitrogens is 2. The Bertz CT molecular complexity index is 343. The molecule has 1 aromatic heterocycles. The van der Waals surface area contributed by atoms with E-state index in [1.165, 1.54) is 0 Å². The number of likely N-dealkylation sites (N-methyl/N-ethyl adjacent to an activating group) is 1. The van der Waals surface area contributed by atoms with Gasteiger partial charge in [0.2, 0.25) is 5.89 Å². The van der Waals surface area contributed by atoms with Gasteiger partial charge in [-0.3, -0.25) is 0 Å². The molecule has 0 bridgehead atoms. The van der Waals surface area contributed by atoms with E-state index in [1.807, 2.05) is 30.8 Å². The van der Waals surface area contributed by atoms with Crippen LogP contribution in [0.4, 0.5) is 5.95 Å². The third kappa shape index (κ3) is 2.17. The summed E-state index contributed by atoms with van der Waals surface area (Å²) >= 11 is 1.93. The molecule has 1 N–H and O–H groups in total. The Labute approximate surface area is 100.0 Å². The number of thioether (sulfide) groups is 1. The molecule has 0 radical (unpaired) electrons. The molecule has 2 atom stereocenters. The van der Waals surface area contributed by atoms with Crippen molar-refractivity contribution in [2.75, 3.05) is 37.0 Å². The molecule has 6 heteroatoms. The van der Waals surface area contributed by atoms with E-state index in [4.69, 9.17) is 4.52 Å². The largest absolute Gasteiger partial charge is 0.342 e. The van der Waals surface area contributed by atoms with Crippen molar-refractivity contribution >= 4 is 17.7 Å². The van der Waals surface area contributed by atoms with Crippen LogP contribution < -0.4 is 10.2 Å². The summed E-state index contributed by atoms with van der Waals surface area (Å²) in [5.74, 6) is 3.97. The smallest absolute Gasteiger partial charge is 0.265 e. The van der Waals surface area contributed by atoms with E-state index in [0.717, 1.165) is 23.9 Å². The quantitative estimate of drug-likeness (QED) is 0.848. The molecule has 16 heavy (non-hydrogen) atoms. The van der Waals surface area contributed by atoms with Gasteiger partial charge in [0.15, 0.2) is 0 Å². The van der Waals surface area contributed by atoms with Gasteiger partial charge in [-0.2, -0.15) is 16.7 Å². The lowest BCUT2D eigenvalue weighted by atomic mass is 10.0. The van der Waals surface area contributed by atoms with Crippen molar-refractivity contribution in [3.8, 4) is 0 Å². The minimum absolute atomic E-state index is 0.349. The molecule has 0 spiro atoms. The van der Waals surface area contributed by atoms with Crippen molar-refractivity contribution in [3.63, 3.8) is 0 Å². The Morgan fingerprint density at radius 2 is 2.38 bits per heavy atom. The Hall–Kier alpha value is -0.750. The molecule has 2 unspecified atom stereocenters. The fourth-order valence-corrected chi connectivity index (χ4v) is 3.17. The van der Waals surface area contributed by atoms with Gasteiger partial charge in [-0.25, -0.2) is 0 Å². The van der Waals surface area contributed by atoms with Crippen LogP contribution in [0.3, 0.4) is 0 Å². The first-order chi connectivity index (χ1) is 7.76. The van der Waals surface area contributed by atoms with Crippen molar-refractivity contribution in [2.24, 2.45) is 0 Å². The Morgan fingerprint density at radius 3 is 3.06 bits per heavy atom. The van der Waals surface area contributed by atoms with Gasteiger partial charge in [0.25, 0.3) is 5.95 Å². The van der Waals surface area contributed by atoms with Crippen LogP contribution in [0, 0.1) is 0 Å². The lowest BCUT2D eigenvalue weighted by Crippen LogP contribution is -2.31. The maximum absolute atomic E-state index is 5.35. The van der Waals surface area contributed by atoms with Gasteiger partial charge in [-0.15, -0.1) is 0 Å². The van der Waals surface area contributed by atoms with Crippen LogP contribution >= 0.6 is 11.8 Å².